The number of methoxy groups -OCH3 is 1. The first-order valence-corrected chi connectivity index (χ1v) is 10.8. The number of piperazine rings is 1. The van der Waals surface area contributed by atoms with Gasteiger partial charge in [-0.3, -0.25) is 0 Å². The molecule has 0 spiro atoms. The average molecular weight is 431 g/mol. The topological polar surface area (TPSA) is 63.9 Å². The van der Waals surface area contributed by atoms with Gasteiger partial charge in [0.05, 0.1) is 7.11 Å². The molecule has 0 amide bonds. The summed E-state index contributed by atoms with van der Waals surface area (Å²) in [6.07, 6.45) is 0. The molecule has 164 valence electrons. The minimum absolute atomic E-state index is 0.238. The van der Waals surface area contributed by atoms with E-state index in [1.807, 2.05) is 30.3 Å². The number of hydrogen-bond donors (Lipinski definition) is 0. The number of benzene rings is 3. The molecule has 0 unspecified atom stereocenters. The summed E-state index contributed by atoms with van der Waals surface area (Å²) < 4.78 is 16.6. The molecule has 0 N–H and O–H groups in total. The highest BCUT2D eigenvalue weighted by Crippen LogP contribution is 2.31. The smallest absolute Gasteiger partial charge is 0.258 e. The van der Waals surface area contributed by atoms with E-state index in [0.717, 1.165) is 43.2 Å². The highest BCUT2D eigenvalue weighted by atomic mass is 16.5. The SMILES string of the molecule is COc1ccc(-c2nc(COc3ccc4cccc(N5CCN(C)CC5)c4c3)no2)cc1. The van der Waals surface area contributed by atoms with E-state index in [1.165, 1.54) is 16.5 Å². The molecule has 1 aromatic heterocycles. The highest BCUT2D eigenvalue weighted by molar-refractivity contribution is 5.95. The largest absolute Gasteiger partial charge is 0.497 e. The number of hydrogen-bond acceptors (Lipinski definition) is 7. The molecule has 1 aliphatic rings. The normalized spacial score (nSPS) is 14.6. The Kier molecular flexibility index (Phi) is 5.64. The van der Waals surface area contributed by atoms with Crippen LogP contribution >= 0.6 is 0 Å². The van der Waals surface area contributed by atoms with E-state index in [0.29, 0.717) is 11.7 Å². The minimum atomic E-state index is 0.238. The maximum absolute atomic E-state index is 6.01. The van der Waals surface area contributed by atoms with Gasteiger partial charge in [-0.15, -0.1) is 0 Å². The number of nitrogens with zero attached hydrogens (tertiary/aromatic N) is 4. The van der Waals surface area contributed by atoms with Gasteiger partial charge in [-0.2, -0.15) is 4.98 Å². The van der Waals surface area contributed by atoms with Gasteiger partial charge in [-0.1, -0.05) is 23.4 Å². The zero-order valence-electron chi connectivity index (χ0n) is 18.3. The van der Waals surface area contributed by atoms with Crippen molar-refractivity contribution in [2.75, 3.05) is 45.2 Å². The third kappa shape index (κ3) is 4.24. The fourth-order valence-electron chi connectivity index (χ4n) is 3.96. The zero-order valence-corrected chi connectivity index (χ0v) is 18.3. The lowest BCUT2D eigenvalue weighted by Crippen LogP contribution is -2.44. The molecule has 4 aromatic rings. The Hall–Kier alpha value is -3.58. The van der Waals surface area contributed by atoms with Crippen LogP contribution in [0.1, 0.15) is 5.82 Å². The maximum atomic E-state index is 6.01. The molecule has 5 rings (SSSR count). The molecule has 0 aliphatic carbocycles. The van der Waals surface area contributed by atoms with Crippen molar-refractivity contribution >= 4 is 16.5 Å². The van der Waals surface area contributed by atoms with Gasteiger partial charge in [0.15, 0.2) is 6.61 Å². The number of rotatable bonds is 6. The van der Waals surface area contributed by atoms with Gasteiger partial charge < -0.3 is 23.8 Å². The average Bonchev–Trinajstić information content (AvgIpc) is 3.32. The van der Waals surface area contributed by atoms with Gasteiger partial charge in [-0.25, -0.2) is 0 Å². The van der Waals surface area contributed by atoms with Crippen molar-refractivity contribution in [3.8, 4) is 23.0 Å². The summed E-state index contributed by atoms with van der Waals surface area (Å²) in [5, 5.41) is 6.46. The standard InChI is InChI=1S/C25H26N4O3/c1-28-12-14-29(15-13-28)23-5-3-4-18-6-11-21(16-22(18)23)31-17-24-26-25(32-27-24)19-7-9-20(30-2)10-8-19/h3-11,16H,12-15,17H2,1-2H3. The Bertz CT molecular complexity index is 1200. The Morgan fingerprint density at radius 2 is 1.72 bits per heavy atom. The fourth-order valence-corrected chi connectivity index (χ4v) is 3.96. The van der Waals surface area contributed by atoms with Crippen molar-refractivity contribution in [1.29, 1.82) is 0 Å². The molecule has 0 radical (unpaired) electrons. The van der Waals surface area contributed by atoms with Crippen molar-refractivity contribution in [3.63, 3.8) is 0 Å². The molecule has 2 heterocycles. The van der Waals surface area contributed by atoms with Crippen LogP contribution in [0, 0.1) is 0 Å². The highest BCUT2D eigenvalue weighted by Gasteiger charge is 2.17. The molecule has 1 fully saturated rings. The molecule has 1 saturated heterocycles. The second-order valence-corrected chi connectivity index (χ2v) is 7.98. The van der Waals surface area contributed by atoms with Crippen LogP contribution in [-0.2, 0) is 6.61 Å². The van der Waals surface area contributed by atoms with Crippen molar-refractivity contribution in [2.24, 2.45) is 0 Å². The van der Waals surface area contributed by atoms with Crippen LogP contribution in [0.4, 0.5) is 5.69 Å². The molecule has 1 aliphatic heterocycles. The Labute approximate surface area is 187 Å². The van der Waals surface area contributed by atoms with Crippen LogP contribution in [0.25, 0.3) is 22.2 Å². The fraction of sp³-hybridized carbons (Fsp3) is 0.280. The zero-order chi connectivity index (χ0) is 21.9. The molecule has 7 heteroatoms. The van der Waals surface area contributed by atoms with E-state index in [1.54, 1.807) is 7.11 Å². The van der Waals surface area contributed by atoms with Gasteiger partial charge >= 0.3 is 0 Å². The van der Waals surface area contributed by atoms with Crippen molar-refractivity contribution in [2.45, 2.75) is 6.61 Å². The third-order valence-electron chi connectivity index (χ3n) is 5.85. The number of ether oxygens (including phenoxy) is 2. The second kappa shape index (κ2) is 8.88. The Morgan fingerprint density at radius 1 is 0.938 bits per heavy atom. The predicted octanol–water partition coefficient (Wildman–Crippen LogP) is 4.23. The van der Waals surface area contributed by atoms with Gasteiger partial charge in [0.1, 0.15) is 11.5 Å². The minimum Gasteiger partial charge on any atom is -0.497 e. The first-order chi connectivity index (χ1) is 15.7. The molecular formula is C25H26N4O3. The quantitative estimate of drug-likeness (QED) is 0.454. The summed E-state index contributed by atoms with van der Waals surface area (Å²) >= 11 is 0. The van der Waals surface area contributed by atoms with E-state index in [4.69, 9.17) is 14.0 Å². The van der Waals surface area contributed by atoms with Crippen molar-refractivity contribution in [1.82, 2.24) is 15.0 Å². The van der Waals surface area contributed by atoms with Gasteiger partial charge in [-0.05, 0) is 54.9 Å². The Morgan fingerprint density at radius 3 is 2.50 bits per heavy atom. The number of aromatic nitrogens is 2. The van der Waals surface area contributed by atoms with E-state index in [-0.39, 0.29) is 6.61 Å². The van der Waals surface area contributed by atoms with E-state index in [2.05, 4.69) is 57.3 Å². The monoisotopic (exact) mass is 430 g/mol. The lowest BCUT2D eigenvalue weighted by molar-refractivity contribution is 0.287. The van der Waals surface area contributed by atoms with Gasteiger partial charge in [0.2, 0.25) is 5.82 Å². The third-order valence-corrected chi connectivity index (χ3v) is 5.85. The summed E-state index contributed by atoms with van der Waals surface area (Å²) in [5.74, 6) is 2.53. The summed E-state index contributed by atoms with van der Waals surface area (Å²) in [5.41, 5.74) is 2.09. The van der Waals surface area contributed by atoms with E-state index in [9.17, 15) is 0 Å². The molecule has 7 nitrogen and oxygen atoms in total. The first-order valence-electron chi connectivity index (χ1n) is 10.8. The van der Waals surface area contributed by atoms with Gasteiger partial charge in [0.25, 0.3) is 5.89 Å². The predicted molar refractivity (Wildman–Crippen MR) is 124 cm³/mol. The molecule has 0 bridgehead atoms. The number of likely N-dealkylation sites (N-methyl/N-ethyl adjacent to an activating group) is 1. The van der Waals surface area contributed by atoms with Crippen LogP contribution < -0.4 is 14.4 Å². The lowest BCUT2D eigenvalue weighted by Gasteiger charge is -2.34. The molecule has 32 heavy (non-hydrogen) atoms. The van der Waals surface area contributed by atoms with Crippen LogP contribution in [0.3, 0.4) is 0 Å². The van der Waals surface area contributed by atoms with Crippen LogP contribution in [0.5, 0.6) is 11.5 Å². The molecule has 0 saturated carbocycles. The van der Waals surface area contributed by atoms with Crippen molar-refractivity contribution in [3.05, 3.63) is 66.5 Å². The number of fused-ring (bicyclic) bond motifs is 1. The van der Waals surface area contributed by atoms with E-state index < -0.39 is 0 Å². The summed E-state index contributed by atoms with van der Waals surface area (Å²) in [7, 11) is 3.81. The first kappa shape index (κ1) is 20.3. The van der Waals surface area contributed by atoms with E-state index >= 15 is 0 Å². The second-order valence-electron chi connectivity index (χ2n) is 7.98. The van der Waals surface area contributed by atoms with Crippen LogP contribution in [0.15, 0.2) is 65.2 Å². The van der Waals surface area contributed by atoms with Crippen molar-refractivity contribution < 1.29 is 14.0 Å². The Balaban J connectivity index is 1.31. The van der Waals surface area contributed by atoms with Gasteiger partial charge in [0, 0.05) is 42.8 Å². The molecule has 0 atom stereocenters. The lowest BCUT2D eigenvalue weighted by atomic mass is 10.1. The number of anilines is 1. The summed E-state index contributed by atoms with van der Waals surface area (Å²) in [4.78, 5) is 9.27. The molecular weight excluding hydrogens is 404 g/mol. The van der Waals surface area contributed by atoms with Crippen LogP contribution in [0.2, 0.25) is 0 Å². The summed E-state index contributed by atoms with van der Waals surface area (Å²) in [6, 6.07) is 20.1. The summed E-state index contributed by atoms with van der Waals surface area (Å²) in [6.45, 7) is 4.43. The maximum Gasteiger partial charge on any atom is 0.258 e. The van der Waals surface area contributed by atoms with Crippen LogP contribution in [-0.4, -0.2) is 55.4 Å². The molecule has 3 aromatic carbocycles.